The summed E-state index contributed by atoms with van der Waals surface area (Å²) in [5, 5.41) is 8.80. The van der Waals surface area contributed by atoms with E-state index < -0.39 is 5.92 Å². The number of nitrogens with zero attached hydrogens (tertiary/aromatic N) is 2. The summed E-state index contributed by atoms with van der Waals surface area (Å²) in [7, 11) is 0. The Labute approximate surface area is 117 Å². The highest BCUT2D eigenvalue weighted by Gasteiger charge is 2.35. The van der Waals surface area contributed by atoms with E-state index in [1.54, 1.807) is 12.1 Å². The van der Waals surface area contributed by atoms with Crippen molar-refractivity contribution in [2.45, 2.75) is 18.8 Å². The number of benzene rings is 1. The first-order valence-electron chi connectivity index (χ1n) is 5.80. The number of carbonyl (C=O) groups is 1. The fourth-order valence-corrected chi connectivity index (χ4v) is 2.43. The Morgan fingerprint density at radius 3 is 2.53 bits per heavy atom. The van der Waals surface area contributed by atoms with Gasteiger partial charge >= 0.3 is 0 Å². The van der Waals surface area contributed by atoms with Gasteiger partial charge in [0.15, 0.2) is 0 Å². The van der Waals surface area contributed by atoms with Gasteiger partial charge in [-0.1, -0.05) is 0 Å². The number of hydrogen-bond acceptors (Lipinski definition) is 2. The molecule has 1 aromatic carbocycles. The maximum absolute atomic E-state index is 13.0. The molecule has 3 nitrogen and oxygen atoms in total. The normalized spacial score (nSPS) is 17.9. The first-order valence-corrected chi connectivity index (χ1v) is 6.59. The Hall–Kier alpha value is -1.48. The van der Waals surface area contributed by atoms with Crippen molar-refractivity contribution in [3.05, 3.63) is 33.8 Å². The van der Waals surface area contributed by atoms with Gasteiger partial charge in [0, 0.05) is 36.0 Å². The highest BCUT2D eigenvalue weighted by atomic mass is 79.9. The van der Waals surface area contributed by atoms with Crippen molar-refractivity contribution >= 4 is 21.8 Å². The zero-order valence-corrected chi connectivity index (χ0v) is 11.6. The second kappa shape index (κ2) is 5.25. The van der Waals surface area contributed by atoms with E-state index in [-0.39, 0.29) is 31.8 Å². The van der Waals surface area contributed by atoms with Crippen LogP contribution in [0.4, 0.5) is 8.78 Å². The van der Waals surface area contributed by atoms with Crippen LogP contribution in [0.3, 0.4) is 0 Å². The molecule has 1 fully saturated rings. The summed E-state index contributed by atoms with van der Waals surface area (Å²) in [5.74, 6) is -2.94. The van der Waals surface area contributed by atoms with E-state index in [4.69, 9.17) is 5.26 Å². The number of likely N-dealkylation sites (tertiary alicyclic amines) is 1. The topological polar surface area (TPSA) is 44.1 Å². The van der Waals surface area contributed by atoms with Gasteiger partial charge in [0.1, 0.15) is 6.07 Å². The number of carbonyl (C=O) groups excluding carboxylic acids is 1. The Bertz CT molecular complexity index is 544. The highest BCUT2D eigenvalue weighted by Crippen LogP contribution is 2.28. The van der Waals surface area contributed by atoms with Gasteiger partial charge in [-0.3, -0.25) is 4.79 Å². The average molecular weight is 329 g/mol. The van der Waals surface area contributed by atoms with Crippen molar-refractivity contribution in [2.24, 2.45) is 0 Å². The third kappa shape index (κ3) is 3.10. The summed E-state index contributed by atoms with van der Waals surface area (Å²) in [6, 6.07) is 6.61. The maximum atomic E-state index is 13.0. The van der Waals surface area contributed by atoms with Gasteiger partial charge in [0.2, 0.25) is 0 Å². The Balaban J connectivity index is 2.13. The van der Waals surface area contributed by atoms with Gasteiger partial charge in [0.25, 0.3) is 11.8 Å². The molecule has 0 N–H and O–H groups in total. The fourth-order valence-electron chi connectivity index (χ4n) is 1.96. The molecule has 0 unspecified atom stereocenters. The lowest BCUT2D eigenvalue weighted by molar-refractivity contribution is -0.0494. The summed E-state index contributed by atoms with van der Waals surface area (Å²) >= 11 is 3.20. The Morgan fingerprint density at radius 2 is 2.00 bits per heavy atom. The zero-order chi connectivity index (χ0) is 14.0. The maximum Gasteiger partial charge on any atom is 0.253 e. The number of amides is 1. The Morgan fingerprint density at radius 1 is 1.37 bits per heavy atom. The fraction of sp³-hybridized carbons (Fsp3) is 0.385. The molecule has 1 saturated heterocycles. The quantitative estimate of drug-likeness (QED) is 0.794. The molecule has 0 bridgehead atoms. The molecule has 1 amide bonds. The molecule has 0 aliphatic carbocycles. The number of rotatable bonds is 1. The van der Waals surface area contributed by atoms with Crippen LogP contribution in [0, 0.1) is 11.3 Å². The van der Waals surface area contributed by atoms with E-state index in [1.807, 2.05) is 6.07 Å². The van der Waals surface area contributed by atoms with E-state index in [0.717, 1.165) is 0 Å². The second-order valence-electron chi connectivity index (χ2n) is 4.45. The van der Waals surface area contributed by atoms with Crippen molar-refractivity contribution < 1.29 is 13.6 Å². The van der Waals surface area contributed by atoms with E-state index in [9.17, 15) is 13.6 Å². The monoisotopic (exact) mass is 328 g/mol. The summed E-state index contributed by atoms with van der Waals surface area (Å²) in [6.07, 6.45) is -0.591. The predicted octanol–water partition coefficient (Wildman–Crippen LogP) is 3.19. The first-order chi connectivity index (χ1) is 8.93. The third-order valence-electron chi connectivity index (χ3n) is 3.12. The first kappa shape index (κ1) is 13.9. The van der Waals surface area contributed by atoms with Gasteiger partial charge in [-0.2, -0.15) is 5.26 Å². The lowest BCUT2D eigenvalue weighted by atomic mass is 10.0. The van der Waals surface area contributed by atoms with Crippen LogP contribution in [0.25, 0.3) is 0 Å². The van der Waals surface area contributed by atoms with Crippen LogP contribution >= 0.6 is 15.9 Å². The van der Waals surface area contributed by atoms with Gasteiger partial charge in [-0.05, 0) is 34.1 Å². The molecule has 1 aliphatic rings. The molecule has 19 heavy (non-hydrogen) atoms. The van der Waals surface area contributed by atoms with E-state index in [1.165, 1.54) is 11.0 Å². The van der Waals surface area contributed by atoms with Crippen LogP contribution in [0.5, 0.6) is 0 Å². The molecule has 0 aromatic heterocycles. The van der Waals surface area contributed by atoms with Gasteiger partial charge < -0.3 is 4.90 Å². The third-order valence-corrected chi connectivity index (χ3v) is 3.77. The molecular formula is C13H11BrF2N2O. The number of alkyl halides is 2. The second-order valence-corrected chi connectivity index (χ2v) is 5.31. The molecule has 2 rings (SSSR count). The van der Waals surface area contributed by atoms with Crippen LogP contribution in [0.1, 0.15) is 28.8 Å². The minimum atomic E-state index is -2.66. The van der Waals surface area contributed by atoms with E-state index in [0.29, 0.717) is 15.6 Å². The molecule has 0 atom stereocenters. The molecule has 1 heterocycles. The summed E-state index contributed by atoms with van der Waals surface area (Å²) < 4.78 is 26.6. The minimum Gasteiger partial charge on any atom is -0.338 e. The number of hydrogen-bond donors (Lipinski definition) is 0. The molecule has 100 valence electrons. The van der Waals surface area contributed by atoms with Crippen LogP contribution in [0.2, 0.25) is 0 Å². The summed E-state index contributed by atoms with van der Waals surface area (Å²) in [6.45, 7) is 0.118. The minimum absolute atomic E-state index is 0.0590. The van der Waals surface area contributed by atoms with Crippen molar-refractivity contribution in [3.63, 3.8) is 0 Å². The van der Waals surface area contributed by atoms with Gasteiger partial charge in [-0.25, -0.2) is 8.78 Å². The van der Waals surface area contributed by atoms with Gasteiger partial charge in [0.05, 0.1) is 5.56 Å². The van der Waals surface area contributed by atoms with E-state index >= 15 is 0 Å². The van der Waals surface area contributed by atoms with Crippen LogP contribution in [-0.4, -0.2) is 29.8 Å². The smallest absolute Gasteiger partial charge is 0.253 e. The van der Waals surface area contributed by atoms with Gasteiger partial charge in [-0.15, -0.1) is 0 Å². The molecule has 0 saturated carbocycles. The van der Waals surface area contributed by atoms with Crippen molar-refractivity contribution in [3.8, 4) is 6.07 Å². The molecule has 0 radical (unpaired) electrons. The number of piperidine rings is 1. The lowest BCUT2D eigenvalue weighted by Crippen LogP contribution is -2.42. The molecule has 1 aromatic rings. The van der Waals surface area contributed by atoms with Crippen LogP contribution in [0.15, 0.2) is 22.7 Å². The SMILES string of the molecule is N#Cc1ccc(C(=O)N2CCC(F)(F)CC2)cc1Br. The molecule has 1 aliphatic heterocycles. The molecule has 0 spiro atoms. The van der Waals surface area contributed by atoms with Crippen molar-refractivity contribution in [1.82, 2.24) is 4.90 Å². The van der Waals surface area contributed by atoms with Crippen molar-refractivity contribution in [1.29, 1.82) is 5.26 Å². The Kier molecular flexibility index (Phi) is 3.85. The molecular weight excluding hydrogens is 318 g/mol. The molecule has 6 heteroatoms. The summed E-state index contributed by atoms with van der Waals surface area (Å²) in [4.78, 5) is 13.6. The van der Waals surface area contributed by atoms with Crippen molar-refractivity contribution in [2.75, 3.05) is 13.1 Å². The predicted molar refractivity (Wildman–Crippen MR) is 68.9 cm³/mol. The zero-order valence-electron chi connectivity index (χ0n) is 10.00. The van der Waals surface area contributed by atoms with Crippen LogP contribution in [-0.2, 0) is 0 Å². The average Bonchev–Trinajstić information content (AvgIpc) is 2.38. The van der Waals surface area contributed by atoms with Crippen LogP contribution < -0.4 is 0 Å². The highest BCUT2D eigenvalue weighted by molar-refractivity contribution is 9.10. The largest absolute Gasteiger partial charge is 0.338 e. The number of nitriles is 1. The van der Waals surface area contributed by atoms with E-state index in [2.05, 4.69) is 15.9 Å². The summed E-state index contributed by atoms with van der Waals surface area (Å²) in [5.41, 5.74) is 0.831. The standard InChI is InChI=1S/C13H11BrF2N2O/c14-11-7-9(1-2-10(11)8-17)12(19)18-5-3-13(15,16)4-6-18/h1-2,7H,3-6H2. The lowest BCUT2D eigenvalue weighted by Gasteiger charge is -2.31. The number of halogens is 3.